The van der Waals surface area contributed by atoms with Gasteiger partial charge in [-0.05, 0) is 159 Å². The van der Waals surface area contributed by atoms with Crippen molar-refractivity contribution in [2.75, 3.05) is 11.0 Å². The highest BCUT2D eigenvalue weighted by Crippen LogP contribution is 2.80. The topological polar surface area (TPSA) is 115 Å². The SMILES string of the molecule is CC(C)CCC[C@@H](C)[C@H]1CC[C@H]2[C@@H]3CC(CI)=C4C[C@@H](O)CC([C@]56[C@@H](O)C[C@@]7(C)[C@@H](CC[C@]7(O)C(=O)CO)[C@@H]5CCC5=CC(=O)CC[C@@]56C)[C@]4(C)[C@H]3CC[C@]12C. The van der Waals surface area contributed by atoms with Crippen molar-refractivity contribution in [2.45, 2.75) is 175 Å². The third-order valence-corrected chi connectivity index (χ3v) is 21.3. The van der Waals surface area contributed by atoms with Crippen molar-refractivity contribution >= 4 is 34.2 Å². The molecule has 0 bridgehead atoms. The number of carbonyl (C=O) groups excluding carboxylic acids is 2. The molecule has 6 saturated carbocycles. The van der Waals surface area contributed by atoms with Gasteiger partial charge in [0.15, 0.2) is 11.6 Å². The van der Waals surface area contributed by atoms with Crippen molar-refractivity contribution in [3.63, 3.8) is 0 Å². The number of alkyl halides is 1. The van der Waals surface area contributed by atoms with Gasteiger partial charge in [0.2, 0.25) is 0 Å². The van der Waals surface area contributed by atoms with E-state index in [0.717, 1.165) is 41.4 Å². The molecule has 0 radical (unpaired) electrons. The zero-order valence-corrected chi connectivity index (χ0v) is 38.0. The van der Waals surface area contributed by atoms with Gasteiger partial charge in [0.25, 0.3) is 0 Å². The highest BCUT2D eigenvalue weighted by Gasteiger charge is 2.78. The number of allylic oxidation sites excluding steroid dienone is 2. The number of hydrogen-bond donors (Lipinski definition) is 4. The van der Waals surface area contributed by atoms with Crippen LogP contribution >= 0.6 is 22.6 Å². The Kier molecular flexibility index (Phi) is 10.9. The summed E-state index contributed by atoms with van der Waals surface area (Å²) in [6.45, 7) is 16.2. The van der Waals surface area contributed by atoms with E-state index >= 15 is 0 Å². The van der Waals surface area contributed by atoms with Crippen LogP contribution in [-0.4, -0.2) is 60.8 Å². The smallest absolute Gasteiger partial charge is 0.190 e. The van der Waals surface area contributed by atoms with Gasteiger partial charge in [-0.1, -0.05) is 107 Å². The Bertz CT molecular complexity index is 1650. The summed E-state index contributed by atoms with van der Waals surface area (Å²) in [4.78, 5) is 26.7. The fraction of sp³-hybridized carbons (Fsp3) is 0.878. The monoisotopic (exact) mass is 886 g/mol. The Morgan fingerprint density at radius 2 is 1.62 bits per heavy atom. The van der Waals surface area contributed by atoms with Crippen molar-refractivity contribution in [1.29, 1.82) is 0 Å². The number of aliphatic hydroxyl groups excluding tert-OH is 3. The fourth-order valence-corrected chi connectivity index (χ4v) is 18.8. The van der Waals surface area contributed by atoms with Crippen molar-refractivity contribution < 1.29 is 30.0 Å². The number of hydrogen-bond acceptors (Lipinski definition) is 6. The normalized spacial score (nSPS) is 50.3. The van der Waals surface area contributed by atoms with Crippen LogP contribution in [0.5, 0.6) is 0 Å². The van der Waals surface area contributed by atoms with Crippen LogP contribution in [0.15, 0.2) is 22.8 Å². The largest absolute Gasteiger partial charge is 0.393 e. The maximum Gasteiger partial charge on any atom is 0.190 e. The van der Waals surface area contributed by atoms with E-state index in [0.29, 0.717) is 68.1 Å². The molecule has 314 valence electrons. The van der Waals surface area contributed by atoms with Crippen LogP contribution < -0.4 is 0 Å². The van der Waals surface area contributed by atoms with E-state index in [4.69, 9.17) is 0 Å². The molecule has 6 nitrogen and oxygen atoms in total. The number of Topliss-reactive ketones (excluding diaryl/α,β-unsaturated/α-hetero) is 1. The van der Waals surface area contributed by atoms with E-state index in [9.17, 15) is 30.0 Å². The second-order valence-corrected chi connectivity index (χ2v) is 23.3. The first-order valence-corrected chi connectivity index (χ1v) is 24.6. The van der Waals surface area contributed by atoms with Crippen LogP contribution in [-0.2, 0) is 9.59 Å². The first-order chi connectivity index (χ1) is 26.4. The molecular weight excluding hydrogens is 811 g/mol. The summed E-state index contributed by atoms with van der Waals surface area (Å²) in [5.41, 5.74) is 0.701. The number of carbonyl (C=O) groups is 2. The van der Waals surface area contributed by atoms with E-state index < -0.39 is 46.4 Å². The Morgan fingerprint density at radius 3 is 2.32 bits per heavy atom. The van der Waals surface area contributed by atoms with Gasteiger partial charge in [-0.25, -0.2) is 0 Å². The van der Waals surface area contributed by atoms with Gasteiger partial charge < -0.3 is 20.4 Å². The van der Waals surface area contributed by atoms with E-state index in [-0.39, 0.29) is 29.0 Å². The summed E-state index contributed by atoms with van der Waals surface area (Å²) in [6.07, 6.45) is 16.2. The maximum atomic E-state index is 13.5. The number of aliphatic hydroxyl groups is 4. The summed E-state index contributed by atoms with van der Waals surface area (Å²) in [5.74, 6) is 3.64. The lowest BCUT2D eigenvalue weighted by Crippen LogP contribution is -2.73. The third kappa shape index (κ3) is 5.56. The zero-order valence-electron chi connectivity index (χ0n) is 35.8. The molecule has 0 aliphatic heterocycles. The minimum atomic E-state index is -1.68. The molecular formula is C49H75IO6. The Balaban J connectivity index is 1.27. The van der Waals surface area contributed by atoms with Crippen LogP contribution in [0, 0.1) is 80.3 Å². The van der Waals surface area contributed by atoms with Crippen LogP contribution in [0.3, 0.4) is 0 Å². The quantitative estimate of drug-likeness (QED) is 0.104. The highest BCUT2D eigenvalue weighted by atomic mass is 127. The summed E-state index contributed by atoms with van der Waals surface area (Å²) >= 11 is 2.61. The fourth-order valence-electron chi connectivity index (χ4n) is 18.0. The lowest BCUT2D eigenvalue weighted by atomic mass is 9.30. The summed E-state index contributed by atoms with van der Waals surface area (Å²) in [5, 5.41) is 48.1. The number of halogens is 1. The van der Waals surface area contributed by atoms with E-state index in [2.05, 4.69) is 64.1 Å². The van der Waals surface area contributed by atoms with Gasteiger partial charge in [0.1, 0.15) is 12.2 Å². The molecule has 4 N–H and O–H groups in total. The molecule has 0 aromatic rings. The molecule has 8 aliphatic rings. The van der Waals surface area contributed by atoms with E-state index in [1.807, 2.05) is 13.0 Å². The molecule has 7 heteroatoms. The van der Waals surface area contributed by atoms with Gasteiger partial charge in [0, 0.05) is 21.7 Å². The molecule has 16 atom stereocenters. The van der Waals surface area contributed by atoms with Crippen molar-refractivity contribution in [3.8, 4) is 0 Å². The third-order valence-electron chi connectivity index (χ3n) is 20.4. The lowest BCUT2D eigenvalue weighted by Gasteiger charge is -2.74. The Hall–Kier alpha value is -0.610. The molecule has 1 unspecified atom stereocenters. The highest BCUT2D eigenvalue weighted by molar-refractivity contribution is 14.1. The van der Waals surface area contributed by atoms with Crippen LogP contribution in [0.25, 0.3) is 0 Å². The summed E-state index contributed by atoms with van der Waals surface area (Å²) < 4.78 is 0.969. The maximum absolute atomic E-state index is 13.5. The van der Waals surface area contributed by atoms with E-state index in [1.54, 1.807) is 5.57 Å². The predicted octanol–water partition coefficient (Wildman–Crippen LogP) is 9.59. The standard InChI is InChI=1S/C49H75IO6/c1-28(2)9-8-10-29(3)35-13-14-36-34-21-30(26-50)40-23-33(53)24-41(47(40,7)37(34)16-18-44(35,36)4)49-39(12-11-31-22-32(52)15-19-45(31,49)5)38-17-20-48(56,43(55)27-51)46(38,6)25-42(49)54/h22,28-29,33-39,41-42,51,53-54,56H,8-21,23-27H2,1-7H3/t29-,33-,34+,35-,36+,37+,38+,39+,41?,42+,44-,45+,46+,47-,48+,49+/m1/s1. The molecule has 8 rings (SSSR count). The van der Waals surface area contributed by atoms with Gasteiger partial charge >= 0.3 is 0 Å². The van der Waals surface area contributed by atoms with Crippen LogP contribution in [0.1, 0.15) is 158 Å². The molecule has 0 spiro atoms. The molecule has 0 saturated heterocycles. The molecule has 0 aromatic carbocycles. The van der Waals surface area contributed by atoms with Crippen molar-refractivity contribution in [1.82, 2.24) is 0 Å². The van der Waals surface area contributed by atoms with Crippen LogP contribution in [0.4, 0.5) is 0 Å². The zero-order chi connectivity index (χ0) is 40.4. The second-order valence-electron chi connectivity index (χ2n) is 22.5. The summed E-state index contributed by atoms with van der Waals surface area (Å²) in [7, 11) is 0. The van der Waals surface area contributed by atoms with Gasteiger partial charge in [-0.15, -0.1) is 0 Å². The molecule has 0 heterocycles. The van der Waals surface area contributed by atoms with Gasteiger partial charge in [-0.3, -0.25) is 9.59 Å². The average Bonchev–Trinajstić information content (AvgIpc) is 3.64. The molecule has 0 aromatic heterocycles. The Morgan fingerprint density at radius 1 is 0.893 bits per heavy atom. The van der Waals surface area contributed by atoms with Crippen molar-refractivity contribution in [3.05, 3.63) is 22.8 Å². The molecule has 6 fully saturated rings. The number of rotatable bonds is 9. The average molecular weight is 887 g/mol. The first-order valence-electron chi connectivity index (χ1n) is 23.1. The van der Waals surface area contributed by atoms with Crippen molar-refractivity contribution in [2.24, 2.45) is 80.3 Å². The van der Waals surface area contributed by atoms with Crippen LogP contribution in [0.2, 0.25) is 0 Å². The second kappa shape index (κ2) is 14.5. The van der Waals surface area contributed by atoms with Gasteiger partial charge in [-0.2, -0.15) is 0 Å². The predicted molar refractivity (Wildman–Crippen MR) is 230 cm³/mol. The Labute approximate surface area is 352 Å². The molecule has 56 heavy (non-hydrogen) atoms. The minimum absolute atomic E-state index is 0.00954. The number of ketones is 2. The first kappa shape index (κ1) is 42.1. The minimum Gasteiger partial charge on any atom is -0.393 e. The molecule has 0 amide bonds. The van der Waals surface area contributed by atoms with E-state index in [1.165, 1.54) is 56.1 Å². The number of fused-ring (bicyclic) bond motifs is 10. The lowest BCUT2D eigenvalue weighted by molar-refractivity contribution is -0.269. The van der Waals surface area contributed by atoms with Gasteiger partial charge in [0.05, 0.1) is 12.2 Å². The molecule has 8 aliphatic carbocycles. The summed E-state index contributed by atoms with van der Waals surface area (Å²) in [6, 6.07) is 0.